The summed E-state index contributed by atoms with van der Waals surface area (Å²) in [6.07, 6.45) is 1.70. The fourth-order valence-electron chi connectivity index (χ4n) is 2.86. The third-order valence-electron chi connectivity index (χ3n) is 3.81. The van der Waals surface area contributed by atoms with Gasteiger partial charge in [-0.05, 0) is 0 Å². The fourth-order valence-corrected chi connectivity index (χ4v) is 2.86. The Bertz CT molecular complexity index is 568. The molecule has 9 heteroatoms. The monoisotopic (exact) mass is 266 g/mol. The number of hydrogen-bond acceptors (Lipinski definition) is 5. The molecule has 2 bridgehead atoms. The van der Waals surface area contributed by atoms with Crippen molar-refractivity contribution in [3.8, 4) is 0 Å². The Morgan fingerprint density at radius 3 is 2.95 bits per heavy atom. The first-order valence-electron chi connectivity index (χ1n) is 5.77. The first kappa shape index (κ1) is 11.8. The Hall–Kier alpha value is -2.29. The van der Waals surface area contributed by atoms with Crippen LogP contribution in [-0.2, 0) is 7.05 Å². The van der Waals surface area contributed by atoms with E-state index in [4.69, 9.17) is 10.4 Å². The zero-order valence-electron chi connectivity index (χ0n) is 10.5. The highest BCUT2D eigenvalue weighted by molar-refractivity contribution is 5.93. The molecule has 2 aliphatic heterocycles. The van der Waals surface area contributed by atoms with Gasteiger partial charge in [0.25, 0.3) is 0 Å². The Morgan fingerprint density at radius 1 is 1.58 bits per heavy atom. The zero-order valence-corrected chi connectivity index (χ0v) is 10.5. The van der Waals surface area contributed by atoms with E-state index in [-0.39, 0.29) is 17.9 Å². The highest BCUT2D eigenvalue weighted by Gasteiger charge is 2.49. The number of oxime groups is 1. The molecule has 1 aromatic rings. The van der Waals surface area contributed by atoms with E-state index in [9.17, 15) is 4.79 Å². The molecule has 0 saturated carbocycles. The molecule has 9 nitrogen and oxygen atoms in total. The molecule has 1 aromatic heterocycles. The number of hydroxylamine groups is 1. The number of likely N-dealkylation sites (N-methyl/N-ethyl adjacent to an activating group) is 1. The maximum absolute atomic E-state index is 12.2. The predicted octanol–water partition coefficient (Wildman–Crippen LogP) is -0.350. The lowest BCUT2D eigenvalue weighted by Gasteiger charge is -2.30. The van der Waals surface area contributed by atoms with E-state index in [1.807, 2.05) is 5.48 Å². The van der Waals surface area contributed by atoms with Crippen LogP contribution in [-0.4, -0.2) is 55.5 Å². The molecule has 19 heavy (non-hydrogen) atoms. The first-order valence-corrected chi connectivity index (χ1v) is 5.77. The van der Waals surface area contributed by atoms with E-state index in [0.29, 0.717) is 6.54 Å². The topological polar surface area (TPSA) is 106 Å². The first-order chi connectivity index (χ1) is 9.10. The number of amidine groups is 1. The lowest BCUT2D eigenvalue weighted by atomic mass is 9.97. The highest BCUT2D eigenvalue weighted by atomic mass is 16.5. The summed E-state index contributed by atoms with van der Waals surface area (Å²) in [5, 5.41) is 25.3. The van der Waals surface area contributed by atoms with Gasteiger partial charge in [-0.25, -0.2) is 4.79 Å². The van der Waals surface area contributed by atoms with Crippen LogP contribution in [0.4, 0.5) is 4.79 Å². The minimum atomic E-state index is -0.675. The zero-order chi connectivity index (χ0) is 13.7. The number of urea groups is 1. The molecule has 102 valence electrons. The van der Waals surface area contributed by atoms with Crippen molar-refractivity contribution in [2.45, 2.75) is 12.1 Å². The summed E-state index contributed by atoms with van der Waals surface area (Å²) in [7, 11) is 3.46. The minimum absolute atomic E-state index is 0.0638. The molecule has 3 heterocycles. The molecule has 0 aromatic carbocycles. The summed E-state index contributed by atoms with van der Waals surface area (Å²) >= 11 is 0. The summed E-state index contributed by atoms with van der Waals surface area (Å²) in [5.41, 5.74) is 3.47. The van der Waals surface area contributed by atoms with Gasteiger partial charge in [0.15, 0.2) is 5.84 Å². The maximum atomic E-state index is 12.2. The number of hydrogen-bond donors (Lipinski definition) is 3. The molecule has 3 rings (SSSR count). The van der Waals surface area contributed by atoms with Crippen LogP contribution in [0.2, 0.25) is 0 Å². The van der Waals surface area contributed by atoms with Crippen LogP contribution in [0.1, 0.15) is 23.3 Å². The van der Waals surface area contributed by atoms with Crippen LogP contribution in [0.3, 0.4) is 0 Å². The average molecular weight is 266 g/mol. The van der Waals surface area contributed by atoms with Crippen molar-refractivity contribution >= 4 is 11.9 Å². The standard InChI is InChI=1S/C10H14N6O3/c1-14-6-4-16(10(14)17)8(9(12-18)13-19)7-5(6)3-11-15(7)2/h3,6,8,18-19H,4H2,1-2H3,(H,12,13)/t6-,8-/m0/s1. The van der Waals surface area contributed by atoms with Crippen LogP contribution in [0.5, 0.6) is 0 Å². The summed E-state index contributed by atoms with van der Waals surface area (Å²) in [6, 6.07) is -0.917. The third-order valence-corrected chi connectivity index (χ3v) is 3.81. The van der Waals surface area contributed by atoms with E-state index in [1.165, 1.54) is 4.90 Å². The molecule has 1 fully saturated rings. The molecule has 2 amide bonds. The average Bonchev–Trinajstić information content (AvgIpc) is 2.90. The molecule has 2 atom stereocenters. The van der Waals surface area contributed by atoms with Gasteiger partial charge in [-0.3, -0.25) is 15.4 Å². The number of nitrogens with zero attached hydrogens (tertiary/aromatic N) is 5. The lowest BCUT2D eigenvalue weighted by molar-refractivity contribution is 0.179. The van der Waals surface area contributed by atoms with Gasteiger partial charge in [0.1, 0.15) is 6.04 Å². The second kappa shape index (κ2) is 3.85. The minimum Gasteiger partial charge on any atom is -0.409 e. The molecule has 3 N–H and O–H groups in total. The number of rotatable bonds is 1. The van der Waals surface area contributed by atoms with Crippen molar-refractivity contribution in [1.29, 1.82) is 0 Å². The number of nitrogens with one attached hydrogen (secondary N) is 1. The van der Waals surface area contributed by atoms with Crippen molar-refractivity contribution in [2.75, 3.05) is 13.6 Å². The molecule has 0 spiro atoms. The largest absolute Gasteiger partial charge is 0.409 e. The van der Waals surface area contributed by atoms with Gasteiger partial charge in [-0.2, -0.15) is 5.10 Å². The Balaban J connectivity index is 2.19. The van der Waals surface area contributed by atoms with Crippen LogP contribution < -0.4 is 5.48 Å². The number of aryl methyl sites for hydroxylation is 1. The van der Waals surface area contributed by atoms with Crippen LogP contribution in [0.25, 0.3) is 0 Å². The second-order valence-corrected chi connectivity index (χ2v) is 4.67. The van der Waals surface area contributed by atoms with E-state index in [2.05, 4.69) is 10.3 Å². The van der Waals surface area contributed by atoms with Gasteiger partial charge in [-0.1, -0.05) is 5.16 Å². The van der Waals surface area contributed by atoms with E-state index < -0.39 is 6.04 Å². The summed E-state index contributed by atoms with van der Waals surface area (Å²) < 4.78 is 1.62. The van der Waals surface area contributed by atoms with Crippen LogP contribution in [0, 0.1) is 0 Å². The number of amides is 2. The van der Waals surface area contributed by atoms with E-state index in [0.717, 1.165) is 11.3 Å². The molecule has 2 aliphatic rings. The SMILES string of the molecule is CN1C(=O)N2C[C@H]1c1cnn(C)c1[C@H]2/C(=N/O)NO. The van der Waals surface area contributed by atoms with Crippen molar-refractivity contribution < 1.29 is 15.2 Å². The molecule has 0 radical (unpaired) electrons. The second-order valence-electron chi connectivity index (χ2n) is 4.67. The van der Waals surface area contributed by atoms with Gasteiger partial charge >= 0.3 is 6.03 Å². The molecular formula is C10H14N6O3. The van der Waals surface area contributed by atoms with Gasteiger partial charge in [-0.15, -0.1) is 0 Å². The summed E-state index contributed by atoms with van der Waals surface area (Å²) in [4.78, 5) is 15.3. The predicted molar refractivity (Wildman–Crippen MR) is 62.7 cm³/mol. The van der Waals surface area contributed by atoms with Crippen molar-refractivity contribution in [3.63, 3.8) is 0 Å². The number of aromatic nitrogens is 2. The quantitative estimate of drug-likeness (QED) is 0.279. The summed E-state index contributed by atoms with van der Waals surface area (Å²) in [5.74, 6) is -0.105. The lowest BCUT2D eigenvalue weighted by Crippen LogP contribution is -2.43. The molecule has 0 unspecified atom stereocenters. The summed E-state index contributed by atoms with van der Waals surface area (Å²) in [6.45, 7) is 0.472. The number of fused-ring (bicyclic) bond motifs is 4. The van der Waals surface area contributed by atoms with Gasteiger partial charge in [0.05, 0.1) is 17.9 Å². The Labute approximate surface area is 108 Å². The van der Waals surface area contributed by atoms with E-state index >= 15 is 0 Å². The number of carbonyl (C=O) groups excluding carboxylic acids is 1. The third kappa shape index (κ3) is 1.35. The molecule has 0 aliphatic carbocycles. The van der Waals surface area contributed by atoms with Crippen LogP contribution in [0.15, 0.2) is 11.4 Å². The smallest absolute Gasteiger partial charge is 0.321 e. The normalized spacial score (nSPS) is 25.8. The van der Waals surface area contributed by atoms with Crippen molar-refractivity contribution in [1.82, 2.24) is 25.1 Å². The highest BCUT2D eigenvalue weighted by Crippen LogP contribution is 2.42. The van der Waals surface area contributed by atoms with Crippen molar-refractivity contribution in [2.24, 2.45) is 12.2 Å². The maximum Gasteiger partial charge on any atom is 0.321 e. The Kier molecular flexibility index (Phi) is 2.39. The van der Waals surface area contributed by atoms with Gasteiger partial charge in [0, 0.05) is 26.2 Å². The van der Waals surface area contributed by atoms with E-state index in [1.54, 1.807) is 29.9 Å². The Morgan fingerprint density at radius 2 is 2.32 bits per heavy atom. The number of carbonyl (C=O) groups is 1. The molecule has 1 saturated heterocycles. The van der Waals surface area contributed by atoms with Crippen molar-refractivity contribution in [3.05, 3.63) is 17.5 Å². The molecular weight excluding hydrogens is 252 g/mol. The fraction of sp³-hybridized carbons (Fsp3) is 0.500. The van der Waals surface area contributed by atoms with Gasteiger partial charge < -0.3 is 15.0 Å². The van der Waals surface area contributed by atoms with Crippen LogP contribution >= 0.6 is 0 Å². The van der Waals surface area contributed by atoms with Gasteiger partial charge in [0.2, 0.25) is 0 Å².